The number of carbonyl (C=O) groups is 2. The molecule has 0 aliphatic carbocycles. The summed E-state index contributed by atoms with van der Waals surface area (Å²) in [7, 11) is 1.46. The Morgan fingerprint density at radius 3 is 2.48 bits per heavy atom. The van der Waals surface area contributed by atoms with E-state index in [-0.39, 0.29) is 18.4 Å². The number of carbonyl (C=O) groups excluding carboxylic acids is 2. The van der Waals surface area contributed by atoms with Crippen LogP contribution in [0.25, 0.3) is 0 Å². The first-order chi connectivity index (χ1) is 11.9. The van der Waals surface area contributed by atoms with E-state index >= 15 is 0 Å². The standard InChI is InChI=1S/C19H22N2O4/c1-12(2)14-6-4-5-7-15(14)21-19(23)13-8-9-16(17(10-13)24-3)25-11-18(20)22/h4-10,12H,11H2,1-3H3,(H2,20,22)(H,21,23). The van der Waals surface area contributed by atoms with Gasteiger partial charge in [0.15, 0.2) is 18.1 Å². The lowest BCUT2D eigenvalue weighted by Crippen LogP contribution is -2.20. The summed E-state index contributed by atoms with van der Waals surface area (Å²) in [5.41, 5.74) is 7.32. The van der Waals surface area contributed by atoms with Crippen LogP contribution in [0.15, 0.2) is 42.5 Å². The van der Waals surface area contributed by atoms with Crippen molar-refractivity contribution in [3.05, 3.63) is 53.6 Å². The van der Waals surface area contributed by atoms with Crippen LogP contribution in [0.4, 0.5) is 5.69 Å². The van der Waals surface area contributed by atoms with Crippen molar-refractivity contribution in [2.24, 2.45) is 5.73 Å². The van der Waals surface area contributed by atoms with Gasteiger partial charge >= 0.3 is 0 Å². The second-order valence-electron chi connectivity index (χ2n) is 5.82. The second-order valence-corrected chi connectivity index (χ2v) is 5.82. The average molecular weight is 342 g/mol. The topological polar surface area (TPSA) is 90.7 Å². The molecule has 6 nitrogen and oxygen atoms in total. The Kier molecular flexibility index (Phi) is 6.00. The largest absolute Gasteiger partial charge is 0.493 e. The molecule has 0 atom stereocenters. The monoisotopic (exact) mass is 342 g/mol. The van der Waals surface area contributed by atoms with E-state index in [0.717, 1.165) is 11.3 Å². The molecule has 0 aromatic heterocycles. The van der Waals surface area contributed by atoms with Crippen molar-refractivity contribution in [3.63, 3.8) is 0 Å². The van der Waals surface area contributed by atoms with Crippen LogP contribution in [0.1, 0.15) is 35.7 Å². The molecule has 2 aromatic rings. The van der Waals surface area contributed by atoms with Crippen molar-refractivity contribution < 1.29 is 19.1 Å². The van der Waals surface area contributed by atoms with Gasteiger partial charge in [0.1, 0.15) is 0 Å². The molecular formula is C19H22N2O4. The number of hydrogen-bond donors (Lipinski definition) is 2. The lowest BCUT2D eigenvalue weighted by atomic mass is 10.0. The van der Waals surface area contributed by atoms with Crippen LogP contribution in [-0.4, -0.2) is 25.5 Å². The molecule has 0 saturated heterocycles. The molecule has 0 radical (unpaired) electrons. The van der Waals surface area contributed by atoms with Crippen LogP contribution < -0.4 is 20.5 Å². The van der Waals surface area contributed by atoms with Crippen molar-refractivity contribution >= 4 is 17.5 Å². The third-order valence-corrected chi connectivity index (χ3v) is 3.63. The van der Waals surface area contributed by atoms with E-state index in [1.165, 1.54) is 7.11 Å². The van der Waals surface area contributed by atoms with Crippen LogP contribution in [0, 0.1) is 0 Å². The molecule has 0 spiro atoms. The molecular weight excluding hydrogens is 320 g/mol. The highest BCUT2D eigenvalue weighted by molar-refractivity contribution is 6.05. The van der Waals surface area contributed by atoms with Gasteiger partial charge in [-0.05, 0) is 35.7 Å². The summed E-state index contributed by atoms with van der Waals surface area (Å²) in [5, 5.41) is 2.92. The van der Waals surface area contributed by atoms with E-state index < -0.39 is 5.91 Å². The molecule has 132 valence electrons. The molecule has 2 amide bonds. The zero-order valence-electron chi connectivity index (χ0n) is 14.5. The number of para-hydroxylation sites is 1. The van der Waals surface area contributed by atoms with E-state index in [9.17, 15) is 9.59 Å². The SMILES string of the molecule is COc1cc(C(=O)Nc2ccccc2C(C)C)ccc1OCC(N)=O. The molecule has 0 heterocycles. The lowest BCUT2D eigenvalue weighted by Gasteiger charge is -2.15. The summed E-state index contributed by atoms with van der Waals surface area (Å²) in [6.45, 7) is 3.88. The third-order valence-electron chi connectivity index (χ3n) is 3.63. The first-order valence-electron chi connectivity index (χ1n) is 7.91. The number of rotatable bonds is 7. The molecule has 25 heavy (non-hydrogen) atoms. The number of primary amides is 1. The van der Waals surface area contributed by atoms with Gasteiger partial charge in [0, 0.05) is 11.3 Å². The summed E-state index contributed by atoms with van der Waals surface area (Å²) in [5.74, 6) is 0.143. The third kappa shape index (κ3) is 4.73. The molecule has 2 aromatic carbocycles. The Bertz CT molecular complexity index is 772. The Morgan fingerprint density at radius 2 is 1.84 bits per heavy atom. The van der Waals surface area contributed by atoms with Crippen LogP contribution in [0.3, 0.4) is 0 Å². The van der Waals surface area contributed by atoms with E-state index in [4.69, 9.17) is 15.2 Å². The smallest absolute Gasteiger partial charge is 0.255 e. The zero-order chi connectivity index (χ0) is 18.4. The number of benzene rings is 2. The van der Waals surface area contributed by atoms with Gasteiger partial charge in [-0.25, -0.2) is 0 Å². The molecule has 0 unspecified atom stereocenters. The van der Waals surface area contributed by atoms with Crippen LogP contribution >= 0.6 is 0 Å². The summed E-state index contributed by atoms with van der Waals surface area (Å²) in [6.07, 6.45) is 0. The molecule has 2 rings (SSSR count). The van der Waals surface area contributed by atoms with E-state index in [1.807, 2.05) is 24.3 Å². The van der Waals surface area contributed by atoms with Gasteiger partial charge in [-0.2, -0.15) is 0 Å². The van der Waals surface area contributed by atoms with E-state index in [2.05, 4.69) is 19.2 Å². The summed E-state index contributed by atoms with van der Waals surface area (Å²) < 4.78 is 10.5. The first kappa shape index (κ1) is 18.3. The van der Waals surface area contributed by atoms with Crippen molar-refractivity contribution in [2.75, 3.05) is 19.0 Å². The Labute approximate surface area is 146 Å². The Morgan fingerprint density at radius 1 is 1.12 bits per heavy atom. The molecule has 0 saturated carbocycles. The number of anilines is 1. The molecule has 3 N–H and O–H groups in total. The fourth-order valence-electron chi connectivity index (χ4n) is 2.39. The van der Waals surface area contributed by atoms with Gasteiger partial charge < -0.3 is 20.5 Å². The minimum atomic E-state index is -0.589. The number of nitrogens with two attached hydrogens (primary N) is 1. The Hall–Kier alpha value is -3.02. The maximum atomic E-state index is 12.6. The summed E-state index contributed by atoms with van der Waals surface area (Å²) in [4.78, 5) is 23.4. The summed E-state index contributed by atoms with van der Waals surface area (Å²) >= 11 is 0. The predicted octanol–water partition coefficient (Wildman–Crippen LogP) is 2.93. The molecule has 0 fully saturated rings. The van der Waals surface area contributed by atoms with Crippen molar-refractivity contribution in [2.45, 2.75) is 19.8 Å². The van der Waals surface area contributed by atoms with E-state index in [1.54, 1.807) is 18.2 Å². The average Bonchev–Trinajstić information content (AvgIpc) is 2.59. The highest BCUT2D eigenvalue weighted by Gasteiger charge is 2.14. The maximum absolute atomic E-state index is 12.6. The fraction of sp³-hybridized carbons (Fsp3) is 0.263. The molecule has 0 aliphatic rings. The second kappa shape index (κ2) is 8.19. The minimum absolute atomic E-state index is 0.257. The van der Waals surface area contributed by atoms with E-state index in [0.29, 0.717) is 17.1 Å². The highest BCUT2D eigenvalue weighted by Crippen LogP contribution is 2.29. The van der Waals surface area contributed by atoms with Gasteiger partial charge in [0.25, 0.3) is 11.8 Å². The molecule has 0 bridgehead atoms. The number of nitrogens with one attached hydrogen (secondary N) is 1. The minimum Gasteiger partial charge on any atom is -0.493 e. The van der Waals surface area contributed by atoms with Gasteiger partial charge in [-0.3, -0.25) is 9.59 Å². The zero-order valence-corrected chi connectivity index (χ0v) is 14.5. The normalized spacial score (nSPS) is 10.4. The molecule has 0 aliphatic heterocycles. The predicted molar refractivity (Wildman–Crippen MR) is 96.2 cm³/mol. The highest BCUT2D eigenvalue weighted by atomic mass is 16.5. The van der Waals surface area contributed by atoms with Crippen molar-refractivity contribution in [1.29, 1.82) is 0 Å². The Balaban J connectivity index is 2.21. The van der Waals surface area contributed by atoms with Gasteiger partial charge in [-0.1, -0.05) is 32.0 Å². The number of hydrogen-bond acceptors (Lipinski definition) is 4. The van der Waals surface area contributed by atoms with Crippen molar-refractivity contribution in [3.8, 4) is 11.5 Å². The van der Waals surface area contributed by atoms with Crippen LogP contribution in [-0.2, 0) is 4.79 Å². The van der Waals surface area contributed by atoms with Crippen LogP contribution in [0.2, 0.25) is 0 Å². The first-order valence-corrected chi connectivity index (χ1v) is 7.91. The number of ether oxygens (including phenoxy) is 2. The quantitative estimate of drug-likeness (QED) is 0.809. The van der Waals surface area contributed by atoms with Crippen LogP contribution in [0.5, 0.6) is 11.5 Å². The number of amides is 2. The fourth-order valence-corrected chi connectivity index (χ4v) is 2.39. The summed E-state index contributed by atoms with van der Waals surface area (Å²) in [6, 6.07) is 12.4. The lowest BCUT2D eigenvalue weighted by molar-refractivity contribution is -0.119. The van der Waals surface area contributed by atoms with Crippen molar-refractivity contribution in [1.82, 2.24) is 0 Å². The van der Waals surface area contributed by atoms with Gasteiger partial charge in [0.2, 0.25) is 0 Å². The maximum Gasteiger partial charge on any atom is 0.255 e. The molecule has 6 heteroatoms. The van der Waals surface area contributed by atoms with Gasteiger partial charge in [-0.15, -0.1) is 0 Å². The van der Waals surface area contributed by atoms with Gasteiger partial charge in [0.05, 0.1) is 7.11 Å². The number of methoxy groups -OCH3 is 1.